The molecule has 0 radical (unpaired) electrons. The van der Waals surface area contributed by atoms with Gasteiger partial charge in [0.2, 0.25) is 10.0 Å². The van der Waals surface area contributed by atoms with Crippen molar-refractivity contribution < 1.29 is 8.42 Å². The molecule has 2 aliphatic rings. The zero-order valence-corrected chi connectivity index (χ0v) is 16.1. The number of sulfonamides is 1. The standard InChI is InChI=1S/C19H28N4O2S/c1-2-20-19(22-17-7-3-4-8-17)21-15-16-9-11-18(12-10-16)26(24,25)23-13-5-6-14-23/h3-4,9-12,17H,2,5-8,13-15H2,1H3,(H2,20,21,22). The number of aliphatic imine (C=N–C) groups is 1. The summed E-state index contributed by atoms with van der Waals surface area (Å²) in [5.41, 5.74) is 0.993. The molecule has 0 amide bonds. The van der Waals surface area contributed by atoms with Crippen LogP contribution in [0.2, 0.25) is 0 Å². The van der Waals surface area contributed by atoms with E-state index in [-0.39, 0.29) is 0 Å². The molecule has 0 saturated carbocycles. The lowest BCUT2D eigenvalue weighted by molar-refractivity contribution is 0.477. The summed E-state index contributed by atoms with van der Waals surface area (Å²) < 4.78 is 26.7. The lowest BCUT2D eigenvalue weighted by atomic mass is 10.2. The Morgan fingerprint density at radius 3 is 2.42 bits per heavy atom. The molecule has 1 aromatic rings. The van der Waals surface area contributed by atoms with Crippen molar-refractivity contribution in [3.8, 4) is 0 Å². The van der Waals surface area contributed by atoms with Crippen molar-refractivity contribution in [1.29, 1.82) is 0 Å². The number of benzene rings is 1. The monoisotopic (exact) mass is 376 g/mol. The minimum absolute atomic E-state index is 0.370. The van der Waals surface area contributed by atoms with Crippen molar-refractivity contribution in [2.24, 2.45) is 4.99 Å². The Hall–Kier alpha value is -1.86. The molecule has 1 aliphatic carbocycles. The van der Waals surface area contributed by atoms with Crippen LogP contribution in [-0.4, -0.2) is 44.4 Å². The van der Waals surface area contributed by atoms with Gasteiger partial charge in [-0.1, -0.05) is 24.3 Å². The van der Waals surface area contributed by atoms with Gasteiger partial charge in [0, 0.05) is 25.7 Å². The smallest absolute Gasteiger partial charge is 0.243 e. The molecule has 142 valence electrons. The van der Waals surface area contributed by atoms with Gasteiger partial charge in [-0.25, -0.2) is 13.4 Å². The second kappa shape index (κ2) is 8.68. The third-order valence-electron chi connectivity index (χ3n) is 4.74. The third kappa shape index (κ3) is 4.65. The maximum Gasteiger partial charge on any atom is 0.243 e. The first-order valence-electron chi connectivity index (χ1n) is 9.38. The molecule has 0 aromatic heterocycles. The van der Waals surface area contributed by atoms with Gasteiger partial charge in [-0.15, -0.1) is 0 Å². The molecule has 1 aromatic carbocycles. The Morgan fingerprint density at radius 1 is 1.15 bits per heavy atom. The topological polar surface area (TPSA) is 73.8 Å². The van der Waals surface area contributed by atoms with E-state index in [0.29, 0.717) is 30.6 Å². The normalized spacial score (nSPS) is 19.2. The first-order valence-corrected chi connectivity index (χ1v) is 10.8. The minimum atomic E-state index is -3.35. The van der Waals surface area contributed by atoms with Gasteiger partial charge >= 0.3 is 0 Å². The quantitative estimate of drug-likeness (QED) is 0.454. The number of nitrogens with zero attached hydrogens (tertiary/aromatic N) is 2. The van der Waals surface area contributed by atoms with Crippen molar-refractivity contribution in [1.82, 2.24) is 14.9 Å². The maximum absolute atomic E-state index is 12.6. The Kier molecular flexibility index (Phi) is 6.32. The fourth-order valence-electron chi connectivity index (χ4n) is 3.26. The van der Waals surface area contributed by atoms with Crippen molar-refractivity contribution in [3.63, 3.8) is 0 Å². The van der Waals surface area contributed by atoms with E-state index < -0.39 is 10.0 Å². The van der Waals surface area contributed by atoms with E-state index in [1.54, 1.807) is 16.4 Å². The van der Waals surface area contributed by atoms with Crippen molar-refractivity contribution >= 4 is 16.0 Å². The summed E-state index contributed by atoms with van der Waals surface area (Å²) in [7, 11) is -3.35. The van der Waals surface area contributed by atoms with Gasteiger partial charge in [-0.2, -0.15) is 4.31 Å². The Morgan fingerprint density at radius 2 is 1.81 bits per heavy atom. The maximum atomic E-state index is 12.6. The molecule has 7 heteroatoms. The number of guanidine groups is 1. The average molecular weight is 377 g/mol. The summed E-state index contributed by atoms with van der Waals surface area (Å²) >= 11 is 0. The number of hydrogen-bond acceptors (Lipinski definition) is 3. The van der Waals surface area contributed by atoms with Crippen molar-refractivity contribution in [2.45, 2.75) is 50.1 Å². The highest BCUT2D eigenvalue weighted by molar-refractivity contribution is 7.89. The molecule has 1 saturated heterocycles. The summed E-state index contributed by atoms with van der Waals surface area (Å²) in [5, 5.41) is 6.69. The molecule has 1 aliphatic heterocycles. The van der Waals surface area contributed by atoms with Gasteiger partial charge in [0.25, 0.3) is 0 Å². The summed E-state index contributed by atoms with van der Waals surface area (Å²) in [6.45, 7) is 4.62. The fourth-order valence-corrected chi connectivity index (χ4v) is 4.78. The average Bonchev–Trinajstić information content (AvgIpc) is 3.34. The molecule has 0 bridgehead atoms. The van der Waals surface area contributed by atoms with Gasteiger partial charge in [-0.3, -0.25) is 0 Å². The predicted molar refractivity (Wildman–Crippen MR) is 105 cm³/mol. The summed E-state index contributed by atoms with van der Waals surface area (Å²) in [6.07, 6.45) is 8.30. The highest BCUT2D eigenvalue weighted by Crippen LogP contribution is 2.21. The van der Waals surface area contributed by atoms with Crippen LogP contribution in [0.3, 0.4) is 0 Å². The molecule has 0 unspecified atom stereocenters. The lowest BCUT2D eigenvalue weighted by Crippen LogP contribution is -2.42. The molecule has 2 N–H and O–H groups in total. The van der Waals surface area contributed by atoms with Crippen LogP contribution in [0.5, 0.6) is 0 Å². The lowest BCUT2D eigenvalue weighted by Gasteiger charge is -2.17. The van der Waals surface area contributed by atoms with E-state index in [1.807, 2.05) is 19.1 Å². The largest absolute Gasteiger partial charge is 0.357 e. The number of nitrogens with one attached hydrogen (secondary N) is 2. The second-order valence-corrected chi connectivity index (χ2v) is 8.67. The third-order valence-corrected chi connectivity index (χ3v) is 6.65. The van der Waals surface area contributed by atoms with Crippen LogP contribution in [0, 0.1) is 0 Å². The molecule has 6 nitrogen and oxygen atoms in total. The molecule has 3 rings (SSSR count). The highest BCUT2D eigenvalue weighted by Gasteiger charge is 2.26. The van der Waals surface area contributed by atoms with Gasteiger partial charge in [-0.05, 0) is 50.3 Å². The van der Waals surface area contributed by atoms with E-state index in [0.717, 1.165) is 43.8 Å². The van der Waals surface area contributed by atoms with E-state index in [2.05, 4.69) is 27.8 Å². The Labute approximate surface area is 156 Å². The zero-order chi connectivity index (χ0) is 18.4. The SMILES string of the molecule is CCNC(=NCc1ccc(S(=O)(=O)N2CCCC2)cc1)NC1CC=CC1. The number of hydrogen-bond donors (Lipinski definition) is 2. The first kappa shape index (κ1) is 18.9. The van der Waals surface area contributed by atoms with Crippen LogP contribution in [0.4, 0.5) is 0 Å². The van der Waals surface area contributed by atoms with E-state index >= 15 is 0 Å². The van der Waals surface area contributed by atoms with Crippen LogP contribution in [0.25, 0.3) is 0 Å². The van der Waals surface area contributed by atoms with Gasteiger partial charge in [0.15, 0.2) is 5.96 Å². The Bertz CT molecular complexity index is 742. The summed E-state index contributed by atoms with van der Waals surface area (Å²) in [4.78, 5) is 4.99. The summed E-state index contributed by atoms with van der Waals surface area (Å²) in [5.74, 6) is 0.801. The molecule has 0 spiro atoms. The molecule has 0 atom stereocenters. The van der Waals surface area contributed by atoms with E-state index in [9.17, 15) is 8.42 Å². The zero-order valence-electron chi connectivity index (χ0n) is 15.3. The van der Waals surface area contributed by atoms with Gasteiger partial charge in [0.05, 0.1) is 11.4 Å². The van der Waals surface area contributed by atoms with Crippen LogP contribution in [0.15, 0.2) is 46.3 Å². The van der Waals surface area contributed by atoms with E-state index in [1.165, 1.54) is 0 Å². The molecular weight excluding hydrogens is 348 g/mol. The predicted octanol–water partition coefficient (Wildman–Crippen LogP) is 2.24. The van der Waals surface area contributed by atoms with E-state index in [4.69, 9.17) is 0 Å². The Balaban J connectivity index is 1.63. The fraction of sp³-hybridized carbons (Fsp3) is 0.526. The number of rotatable bonds is 6. The second-order valence-electron chi connectivity index (χ2n) is 6.73. The molecule has 1 fully saturated rings. The van der Waals surface area contributed by atoms with Crippen molar-refractivity contribution in [2.75, 3.05) is 19.6 Å². The molecular formula is C19H28N4O2S. The van der Waals surface area contributed by atoms with Crippen LogP contribution >= 0.6 is 0 Å². The summed E-state index contributed by atoms with van der Waals surface area (Å²) in [6, 6.07) is 7.50. The van der Waals surface area contributed by atoms with Crippen LogP contribution in [-0.2, 0) is 16.6 Å². The van der Waals surface area contributed by atoms with Crippen LogP contribution < -0.4 is 10.6 Å². The first-order chi connectivity index (χ1) is 12.6. The van der Waals surface area contributed by atoms with Crippen molar-refractivity contribution in [3.05, 3.63) is 42.0 Å². The highest BCUT2D eigenvalue weighted by atomic mass is 32.2. The van der Waals surface area contributed by atoms with Crippen LogP contribution in [0.1, 0.15) is 38.2 Å². The van der Waals surface area contributed by atoms with Gasteiger partial charge in [0.1, 0.15) is 0 Å². The van der Waals surface area contributed by atoms with Gasteiger partial charge < -0.3 is 10.6 Å². The molecule has 26 heavy (non-hydrogen) atoms. The molecule has 1 heterocycles. The minimum Gasteiger partial charge on any atom is -0.357 e.